The summed E-state index contributed by atoms with van der Waals surface area (Å²) >= 11 is 1.39. The topological polar surface area (TPSA) is 77.5 Å². The van der Waals surface area contributed by atoms with E-state index in [9.17, 15) is 14.0 Å². The third-order valence-corrected chi connectivity index (χ3v) is 4.89. The molecule has 3 rings (SSSR count). The highest BCUT2D eigenvalue weighted by molar-refractivity contribution is 7.09. The Hall–Kier alpha value is -3.26. The number of esters is 1. The summed E-state index contributed by atoms with van der Waals surface area (Å²) in [6.07, 6.45) is 0.364. The van der Waals surface area contributed by atoms with Crippen molar-refractivity contribution in [3.05, 3.63) is 82.1 Å². The molecule has 0 aliphatic rings. The molecule has 0 atom stereocenters. The van der Waals surface area contributed by atoms with Gasteiger partial charge in [0.15, 0.2) is 0 Å². The molecule has 1 aromatic heterocycles. The maximum absolute atomic E-state index is 12.9. The molecule has 8 heteroatoms. The Morgan fingerprint density at radius 2 is 1.80 bits per heavy atom. The van der Waals surface area contributed by atoms with E-state index in [1.165, 1.54) is 23.5 Å². The second-order valence-corrected chi connectivity index (χ2v) is 7.34. The minimum atomic E-state index is -0.410. The molecule has 0 fully saturated rings. The number of ether oxygens (including phenoxy) is 2. The van der Waals surface area contributed by atoms with E-state index in [1.54, 1.807) is 17.5 Å². The summed E-state index contributed by atoms with van der Waals surface area (Å²) in [5.41, 5.74) is 1.54. The average Bonchev–Trinajstić information content (AvgIpc) is 3.20. The van der Waals surface area contributed by atoms with Crippen molar-refractivity contribution in [2.45, 2.75) is 26.1 Å². The average molecular weight is 428 g/mol. The van der Waals surface area contributed by atoms with Gasteiger partial charge in [0.2, 0.25) is 5.91 Å². The summed E-state index contributed by atoms with van der Waals surface area (Å²) < 4.78 is 23.6. The molecule has 1 heterocycles. The molecule has 0 spiro atoms. The van der Waals surface area contributed by atoms with Crippen molar-refractivity contribution in [1.82, 2.24) is 10.3 Å². The van der Waals surface area contributed by atoms with Crippen molar-refractivity contribution in [2.75, 3.05) is 6.54 Å². The van der Waals surface area contributed by atoms with Crippen molar-refractivity contribution in [2.24, 2.45) is 0 Å². The molecule has 156 valence electrons. The van der Waals surface area contributed by atoms with Crippen LogP contribution in [0, 0.1) is 5.82 Å². The van der Waals surface area contributed by atoms with Gasteiger partial charge in [-0.2, -0.15) is 0 Å². The van der Waals surface area contributed by atoms with Crippen LogP contribution in [-0.4, -0.2) is 23.4 Å². The second-order valence-electron chi connectivity index (χ2n) is 6.40. The Morgan fingerprint density at radius 1 is 1.03 bits per heavy atom. The fourth-order valence-electron chi connectivity index (χ4n) is 2.53. The molecule has 0 aliphatic heterocycles. The monoisotopic (exact) mass is 428 g/mol. The number of aromatic nitrogens is 1. The van der Waals surface area contributed by atoms with E-state index in [0.717, 1.165) is 10.6 Å². The number of thiazole rings is 1. The predicted octanol–water partition coefficient (Wildman–Crippen LogP) is 3.65. The van der Waals surface area contributed by atoms with Gasteiger partial charge in [0, 0.05) is 11.9 Å². The fraction of sp³-hybridized carbons (Fsp3) is 0.227. The Morgan fingerprint density at radius 3 is 2.57 bits per heavy atom. The van der Waals surface area contributed by atoms with Crippen LogP contribution in [0.3, 0.4) is 0 Å². The van der Waals surface area contributed by atoms with Crippen molar-refractivity contribution in [1.29, 1.82) is 0 Å². The molecule has 0 unspecified atom stereocenters. The van der Waals surface area contributed by atoms with E-state index >= 15 is 0 Å². The number of carbonyl (C=O) groups excluding carboxylic acids is 2. The van der Waals surface area contributed by atoms with Crippen molar-refractivity contribution < 1.29 is 23.5 Å². The summed E-state index contributed by atoms with van der Waals surface area (Å²) in [6.45, 7) is 0.528. The number of nitrogens with zero attached hydrogens (tertiary/aromatic N) is 1. The fourth-order valence-corrected chi connectivity index (χ4v) is 3.22. The maximum atomic E-state index is 12.9. The molecule has 0 aliphatic carbocycles. The summed E-state index contributed by atoms with van der Waals surface area (Å²) in [5.74, 6) is -0.322. The molecule has 30 heavy (non-hydrogen) atoms. The number of rotatable bonds is 10. The molecule has 2 aromatic carbocycles. The Labute approximate surface area is 177 Å². The second kappa shape index (κ2) is 11.1. The van der Waals surface area contributed by atoms with E-state index in [2.05, 4.69) is 10.3 Å². The molecule has 1 amide bonds. The van der Waals surface area contributed by atoms with E-state index in [4.69, 9.17) is 9.47 Å². The first kappa shape index (κ1) is 21.4. The standard InChI is InChI=1S/C22H21FN2O4S/c23-17-6-8-19(9-7-17)28-14-21-25-18(15-30-21)13-29-22(27)10-11-24-20(26)12-16-4-2-1-3-5-16/h1-9,15H,10-14H2,(H,24,26). The Balaban J connectivity index is 1.32. The minimum Gasteiger partial charge on any atom is -0.486 e. The molecule has 1 N–H and O–H groups in total. The van der Waals surface area contributed by atoms with Crippen molar-refractivity contribution in [3.63, 3.8) is 0 Å². The highest BCUT2D eigenvalue weighted by Crippen LogP contribution is 2.16. The first-order valence-electron chi connectivity index (χ1n) is 9.36. The van der Waals surface area contributed by atoms with Gasteiger partial charge in [-0.1, -0.05) is 30.3 Å². The first-order chi connectivity index (χ1) is 14.6. The molecular weight excluding hydrogens is 407 g/mol. The summed E-state index contributed by atoms with van der Waals surface area (Å²) in [6, 6.07) is 15.1. The molecule has 6 nitrogen and oxygen atoms in total. The SMILES string of the molecule is O=C(Cc1ccccc1)NCCC(=O)OCc1csc(COc2ccc(F)cc2)n1. The normalized spacial score (nSPS) is 10.4. The van der Waals surface area contributed by atoms with Crippen LogP contribution >= 0.6 is 11.3 Å². The summed E-state index contributed by atoms with van der Waals surface area (Å²) in [5, 5.41) is 5.22. The van der Waals surface area contributed by atoms with Gasteiger partial charge in [-0.3, -0.25) is 9.59 Å². The largest absolute Gasteiger partial charge is 0.486 e. The smallest absolute Gasteiger partial charge is 0.307 e. The number of amides is 1. The molecule has 0 saturated carbocycles. The molecule has 0 saturated heterocycles. The highest BCUT2D eigenvalue weighted by Gasteiger charge is 2.09. The van der Waals surface area contributed by atoms with Crippen LogP contribution in [0.25, 0.3) is 0 Å². The lowest BCUT2D eigenvalue weighted by Crippen LogP contribution is -2.27. The lowest BCUT2D eigenvalue weighted by Gasteiger charge is -2.06. The third kappa shape index (κ3) is 7.29. The highest BCUT2D eigenvalue weighted by atomic mass is 32.1. The van der Waals surface area contributed by atoms with E-state index < -0.39 is 5.97 Å². The van der Waals surface area contributed by atoms with Crippen molar-refractivity contribution in [3.8, 4) is 5.75 Å². The molecule has 0 bridgehead atoms. The molecular formula is C22H21FN2O4S. The van der Waals surface area contributed by atoms with Gasteiger partial charge in [-0.05, 0) is 29.8 Å². The maximum Gasteiger partial charge on any atom is 0.307 e. The van der Waals surface area contributed by atoms with Gasteiger partial charge in [-0.15, -0.1) is 11.3 Å². The lowest BCUT2D eigenvalue weighted by molar-refractivity contribution is -0.144. The van der Waals surface area contributed by atoms with Crippen LogP contribution in [0.5, 0.6) is 5.75 Å². The van der Waals surface area contributed by atoms with E-state index in [1.807, 2.05) is 30.3 Å². The van der Waals surface area contributed by atoms with Crippen LogP contribution in [0.1, 0.15) is 22.7 Å². The van der Waals surface area contributed by atoms with Crippen LogP contribution in [0.15, 0.2) is 60.0 Å². The summed E-state index contributed by atoms with van der Waals surface area (Å²) in [7, 11) is 0. The van der Waals surface area contributed by atoms with Gasteiger partial charge in [-0.25, -0.2) is 9.37 Å². The van der Waals surface area contributed by atoms with Crippen LogP contribution in [0.4, 0.5) is 4.39 Å². The van der Waals surface area contributed by atoms with Gasteiger partial charge < -0.3 is 14.8 Å². The Bertz CT molecular complexity index is 961. The quantitative estimate of drug-likeness (QED) is 0.499. The number of halogens is 1. The number of benzene rings is 2. The predicted molar refractivity (Wildman–Crippen MR) is 110 cm³/mol. The number of hydrogen-bond acceptors (Lipinski definition) is 6. The number of nitrogens with one attached hydrogen (secondary N) is 1. The Kier molecular flexibility index (Phi) is 7.91. The first-order valence-corrected chi connectivity index (χ1v) is 10.2. The number of carbonyl (C=O) groups is 2. The zero-order valence-electron chi connectivity index (χ0n) is 16.2. The van der Waals surface area contributed by atoms with E-state index in [-0.39, 0.29) is 44.3 Å². The van der Waals surface area contributed by atoms with Crippen LogP contribution in [-0.2, 0) is 34.0 Å². The zero-order chi connectivity index (χ0) is 21.2. The lowest BCUT2D eigenvalue weighted by atomic mass is 10.1. The van der Waals surface area contributed by atoms with Gasteiger partial charge in [0.05, 0.1) is 18.5 Å². The van der Waals surface area contributed by atoms with Crippen LogP contribution < -0.4 is 10.1 Å². The van der Waals surface area contributed by atoms with Gasteiger partial charge >= 0.3 is 5.97 Å². The van der Waals surface area contributed by atoms with Gasteiger partial charge in [0.1, 0.15) is 29.8 Å². The number of hydrogen-bond donors (Lipinski definition) is 1. The summed E-state index contributed by atoms with van der Waals surface area (Å²) in [4.78, 5) is 28.0. The van der Waals surface area contributed by atoms with Crippen LogP contribution in [0.2, 0.25) is 0 Å². The molecule has 3 aromatic rings. The third-order valence-electron chi connectivity index (χ3n) is 4.02. The van der Waals surface area contributed by atoms with E-state index in [0.29, 0.717) is 11.4 Å². The zero-order valence-corrected chi connectivity index (χ0v) is 17.0. The van der Waals surface area contributed by atoms with Crippen molar-refractivity contribution >= 4 is 23.2 Å². The van der Waals surface area contributed by atoms with Gasteiger partial charge in [0.25, 0.3) is 0 Å². The minimum absolute atomic E-state index is 0.0594. The molecule has 0 radical (unpaired) electrons.